The molecule has 0 heterocycles. The number of nitrogens with zero attached hydrogens (tertiary/aromatic N) is 1. The molecule has 118 valence electrons. The van der Waals surface area contributed by atoms with Crippen molar-refractivity contribution in [1.29, 1.82) is 0 Å². The number of unbranched alkanes of at least 4 members (excludes halogenated alkanes) is 1. The van der Waals surface area contributed by atoms with Gasteiger partial charge in [-0.2, -0.15) is 0 Å². The van der Waals surface area contributed by atoms with E-state index in [-0.39, 0.29) is 11.9 Å². The molecule has 1 rings (SSSR count). The van der Waals surface area contributed by atoms with Gasteiger partial charge < -0.3 is 16.0 Å². The molecule has 0 aromatic heterocycles. The van der Waals surface area contributed by atoms with Crippen molar-refractivity contribution >= 4 is 5.91 Å². The first-order valence-electron chi connectivity index (χ1n) is 8.38. The Morgan fingerprint density at radius 2 is 2.00 bits per heavy atom. The van der Waals surface area contributed by atoms with E-state index in [1.165, 1.54) is 32.1 Å². The van der Waals surface area contributed by atoms with Crippen molar-refractivity contribution in [3.63, 3.8) is 0 Å². The molecule has 20 heavy (non-hydrogen) atoms. The summed E-state index contributed by atoms with van der Waals surface area (Å²) in [5.74, 6) is 0.0127. The summed E-state index contributed by atoms with van der Waals surface area (Å²) in [6.07, 6.45) is 10.7. The monoisotopic (exact) mass is 283 g/mol. The molecule has 1 saturated carbocycles. The molecule has 0 aromatic carbocycles. The van der Waals surface area contributed by atoms with Gasteiger partial charge in [-0.1, -0.05) is 39.0 Å². The van der Waals surface area contributed by atoms with Gasteiger partial charge in [0, 0.05) is 12.6 Å². The van der Waals surface area contributed by atoms with Gasteiger partial charge in [0.25, 0.3) is 0 Å². The van der Waals surface area contributed by atoms with Crippen molar-refractivity contribution in [1.82, 2.24) is 10.2 Å². The molecule has 0 bridgehead atoms. The van der Waals surface area contributed by atoms with Crippen LogP contribution >= 0.6 is 0 Å². The first-order chi connectivity index (χ1) is 9.65. The van der Waals surface area contributed by atoms with E-state index >= 15 is 0 Å². The zero-order valence-electron chi connectivity index (χ0n) is 13.4. The van der Waals surface area contributed by atoms with Crippen LogP contribution in [0.25, 0.3) is 0 Å². The van der Waals surface area contributed by atoms with Crippen LogP contribution < -0.4 is 11.1 Å². The van der Waals surface area contributed by atoms with E-state index in [1.54, 1.807) is 0 Å². The highest BCUT2D eigenvalue weighted by Gasteiger charge is 2.17. The second-order valence-corrected chi connectivity index (χ2v) is 6.17. The maximum absolute atomic E-state index is 11.7. The number of hydrogen-bond donors (Lipinski definition) is 2. The molecule has 1 unspecified atom stereocenters. The lowest BCUT2D eigenvalue weighted by Crippen LogP contribution is -2.42. The third kappa shape index (κ3) is 6.71. The van der Waals surface area contributed by atoms with Crippen LogP contribution in [-0.2, 0) is 4.79 Å². The van der Waals surface area contributed by atoms with Gasteiger partial charge in [-0.05, 0) is 39.3 Å². The lowest BCUT2D eigenvalue weighted by atomic mass is 9.94. The molecule has 0 radical (unpaired) electrons. The molecular formula is C16H33N3O. The van der Waals surface area contributed by atoms with E-state index in [4.69, 9.17) is 5.73 Å². The van der Waals surface area contributed by atoms with Gasteiger partial charge in [-0.3, -0.25) is 4.79 Å². The van der Waals surface area contributed by atoms with E-state index in [2.05, 4.69) is 24.2 Å². The molecule has 0 aromatic rings. The fourth-order valence-corrected chi connectivity index (χ4v) is 2.93. The van der Waals surface area contributed by atoms with E-state index < -0.39 is 0 Å². The van der Waals surface area contributed by atoms with Crippen LogP contribution in [0.2, 0.25) is 0 Å². The summed E-state index contributed by atoms with van der Waals surface area (Å²) in [4.78, 5) is 14.2. The summed E-state index contributed by atoms with van der Waals surface area (Å²) in [7, 11) is 2.21. The third-order valence-corrected chi connectivity index (χ3v) is 4.39. The Labute approximate surface area is 124 Å². The minimum absolute atomic E-state index is 0.0127. The highest BCUT2D eigenvalue weighted by molar-refractivity contribution is 5.81. The van der Waals surface area contributed by atoms with Gasteiger partial charge in [-0.15, -0.1) is 0 Å². The minimum atomic E-state index is -0.328. The van der Waals surface area contributed by atoms with Crippen molar-refractivity contribution < 1.29 is 4.79 Å². The van der Waals surface area contributed by atoms with E-state index in [9.17, 15) is 4.79 Å². The quantitative estimate of drug-likeness (QED) is 0.638. The zero-order valence-corrected chi connectivity index (χ0v) is 13.4. The Hall–Kier alpha value is -0.610. The van der Waals surface area contributed by atoms with Gasteiger partial charge in [-0.25, -0.2) is 0 Å². The van der Waals surface area contributed by atoms with Gasteiger partial charge in [0.15, 0.2) is 0 Å². The summed E-state index contributed by atoms with van der Waals surface area (Å²) in [5, 5.41) is 2.96. The molecular weight excluding hydrogens is 250 g/mol. The highest BCUT2D eigenvalue weighted by Crippen LogP contribution is 2.21. The van der Waals surface area contributed by atoms with Crippen molar-refractivity contribution in [2.75, 3.05) is 20.1 Å². The van der Waals surface area contributed by atoms with Crippen molar-refractivity contribution in [3.05, 3.63) is 0 Å². The van der Waals surface area contributed by atoms with Crippen LogP contribution in [0.15, 0.2) is 0 Å². The van der Waals surface area contributed by atoms with Crippen LogP contribution in [0, 0.1) is 0 Å². The summed E-state index contributed by atoms with van der Waals surface area (Å²) >= 11 is 0. The summed E-state index contributed by atoms with van der Waals surface area (Å²) in [5.41, 5.74) is 5.84. The molecule has 0 aliphatic heterocycles. The molecule has 4 heteroatoms. The number of nitrogens with two attached hydrogens (primary N) is 1. The van der Waals surface area contributed by atoms with Crippen molar-refractivity contribution in [2.45, 2.75) is 76.8 Å². The lowest BCUT2D eigenvalue weighted by Gasteiger charge is -2.31. The predicted molar refractivity (Wildman–Crippen MR) is 84.6 cm³/mol. The predicted octanol–water partition coefficient (Wildman–Crippen LogP) is 2.27. The number of nitrogens with one attached hydrogen (secondary N) is 1. The molecule has 1 amide bonds. The van der Waals surface area contributed by atoms with Crippen LogP contribution in [0.4, 0.5) is 0 Å². The molecule has 0 spiro atoms. The highest BCUT2D eigenvalue weighted by atomic mass is 16.2. The maximum Gasteiger partial charge on any atom is 0.236 e. The topological polar surface area (TPSA) is 58.4 Å². The number of hydrogen-bond acceptors (Lipinski definition) is 3. The number of carbonyl (C=O) groups is 1. The largest absolute Gasteiger partial charge is 0.355 e. The minimum Gasteiger partial charge on any atom is -0.355 e. The number of amides is 1. The van der Waals surface area contributed by atoms with Gasteiger partial charge in [0.1, 0.15) is 0 Å². The van der Waals surface area contributed by atoms with Crippen molar-refractivity contribution in [2.24, 2.45) is 5.73 Å². The molecule has 3 N–H and O–H groups in total. The second-order valence-electron chi connectivity index (χ2n) is 6.17. The normalized spacial score (nSPS) is 18.2. The Morgan fingerprint density at radius 1 is 1.30 bits per heavy atom. The Morgan fingerprint density at radius 3 is 2.65 bits per heavy atom. The average molecular weight is 283 g/mol. The fraction of sp³-hybridized carbons (Fsp3) is 0.938. The Balaban J connectivity index is 2.06. The zero-order chi connectivity index (χ0) is 14.8. The molecule has 1 aliphatic carbocycles. The van der Waals surface area contributed by atoms with Crippen LogP contribution in [-0.4, -0.2) is 43.0 Å². The fourth-order valence-electron chi connectivity index (χ4n) is 2.93. The van der Waals surface area contributed by atoms with Crippen molar-refractivity contribution in [3.8, 4) is 0 Å². The van der Waals surface area contributed by atoms with E-state index in [1.807, 2.05) is 0 Å². The number of rotatable bonds is 9. The molecule has 4 nitrogen and oxygen atoms in total. The molecule has 1 fully saturated rings. The van der Waals surface area contributed by atoms with Gasteiger partial charge >= 0.3 is 0 Å². The second kappa shape index (κ2) is 10.2. The van der Waals surface area contributed by atoms with Crippen LogP contribution in [0.3, 0.4) is 0 Å². The Bertz CT molecular complexity index is 264. The van der Waals surface area contributed by atoms with Crippen LogP contribution in [0.1, 0.15) is 64.7 Å². The molecule has 1 aliphatic rings. The maximum atomic E-state index is 11.7. The SMILES string of the molecule is CCCCC(N)C(=O)NCCCN(C)C1CCCCC1. The lowest BCUT2D eigenvalue weighted by molar-refractivity contribution is -0.122. The van der Waals surface area contributed by atoms with Crippen LogP contribution in [0.5, 0.6) is 0 Å². The molecule has 0 saturated heterocycles. The van der Waals surface area contributed by atoms with Gasteiger partial charge in [0.2, 0.25) is 5.91 Å². The Kier molecular flexibility index (Phi) is 8.86. The molecule has 1 atom stereocenters. The van der Waals surface area contributed by atoms with Gasteiger partial charge in [0.05, 0.1) is 6.04 Å². The van der Waals surface area contributed by atoms with E-state index in [0.717, 1.165) is 44.8 Å². The smallest absolute Gasteiger partial charge is 0.236 e. The standard InChI is InChI=1S/C16H33N3O/c1-3-4-11-15(17)16(20)18-12-8-13-19(2)14-9-6-5-7-10-14/h14-15H,3-13,17H2,1-2H3,(H,18,20). The van der Waals surface area contributed by atoms with E-state index in [0.29, 0.717) is 0 Å². The first-order valence-corrected chi connectivity index (χ1v) is 8.38. The third-order valence-electron chi connectivity index (χ3n) is 4.39. The number of carbonyl (C=O) groups excluding carboxylic acids is 1. The summed E-state index contributed by atoms with van der Waals surface area (Å²) < 4.78 is 0. The summed E-state index contributed by atoms with van der Waals surface area (Å²) in [6.45, 7) is 3.93. The summed E-state index contributed by atoms with van der Waals surface area (Å²) in [6, 6.07) is 0.428. The first kappa shape index (κ1) is 17.4. The average Bonchev–Trinajstić information content (AvgIpc) is 2.49.